The zero-order valence-corrected chi connectivity index (χ0v) is 21.0. The summed E-state index contributed by atoms with van der Waals surface area (Å²) in [5.74, 6) is 0.401. The van der Waals surface area contributed by atoms with Crippen molar-refractivity contribution in [2.75, 3.05) is 36.9 Å². The van der Waals surface area contributed by atoms with Gasteiger partial charge in [-0.3, -0.25) is 9.59 Å². The summed E-state index contributed by atoms with van der Waals surface area (Å²) >= 11 is 0. The number of Topliss-reactive ketones (excluding diaryl/α,β-unsaturated/α-hetero) is 1. The number of nitrogens with one attached hydrogen (secondary N) is 2. The van der Waals surface area contributed by atoms with Gasteiger partial charge in [-0.25, -0.2) is 0 Å². The molecule has 2 atom stereocenters. The summed E-state index contributed by atoms with van der Waals surface area (Å²) in [6.45, 7) is 8.14. The maximum Gasteiger partial charge on any atom is 1.00 e. The Hall–Kier alpha value is -2.26. The molecule has 9 heteroatoms. The van der Waals surface area contributed by atoms with Gasteiger partial charge in [-0.05, 0) is 49.2 Å². The van der Waals surface area contributed by atoms with Gasteiger partial charge in [0, 0.05) is 19.0 Å². The van der Waals surface area contributed by atoms with Crippen LogP contribution in [0.15, 0.2) is 36.4 Å². The Morgan fingerprint density at radius 3 is 1.72 bits per heavy atom. The van der Waals surface area contributed by atoms with Crippen molar-refractivity contribution in [3.05, 3.63) is 47.5 Å². The van der Waals surface area contributed by atoms with E-state index in [4.69, 9.17) is 14.6 Å². The number of ether oxygens (including phenoxy) is 2. The van der Waals surface area contributed by atoms with Gasteiger partial charge < -0.3 is 30.7 Å². The molecule has 4 rings (SSSR count). The quantitative estimate of drug-likeness (QED) is 0.579. The third-order valence-electron chi connectivity index (χ3n) is 5.34. The first-order chi connectivity index (χ1) is 14.4. The van der Waals surface area contributed by atoms with Gasteiger partial charge in [-0.2, -0.15) is 0 Å². The van der Waals surface area contributed by atoms with Crippen molar-refractivity contribution in [2.45, 2.75) is 32.6 Å². The fraction of sp³-hybridized carbons (Fsp3) is 0.391. The van der Waals surface area contributed by atoms with Crippen LogP contribution in [0.2, 0.25) is 0 Å². The zero-order chi connectivity index (χ0) is 21.7. The summed E-state index contributed by atoms with van der Waals surface area (Å²) in [6.07, 6.45) is 0. The van der Waals surface area contributed by atoms with Crippen LogP contribution in [0.3, 0.4) is 0 Å². The molecule has 2 aromatic carbocycles. The topological polar surface area (TPSA) is 127 Å². The molecule has 168 valence electrons. The summed E-state index contributed by atoms with van der Waals surface area (Å²) in [6, 6.07) is 11.4. The van der Waals surface area contributed by atoms with E-state index in [0.717, 1.165) is 47.1 Å². The van der Waals surface area contributed by atoms with Crippen LogP contribution in [-0.4, -0.2) is 48.6 Å². The number of hydrogen-bond donors (Lipinski definition) is 3. The van der Waals surface area contributed by atoms with Crippen LogP contribution in [0.4, 0.5) is 11.4 Å². The number of carbonyl (C=O) groups excluding carboxylic acids is 1. The maximum atomic E-state index is 11.3. The predicted octanol–water partition coefficient (Wildman–Crippen LogP) is 0.690. The number of aliphatic carboxylic acids is 1. The van der Waals surface area contributed by atoms with E-state index in [9.17, 15) is 9.59 Å². The van der Waals surface area contributed by atoms with Gasteiger partial charge in [0.25, 0.3) is 0 Å². The summed E-state index contributed by atoms with van der Waals surface area (Å²) in [5.41, 5.74) is 3.73. The summed E-state index contributed by atoms with van der Waals surface area (Å²) in [5, 5.41) is 15.3. The Morgan fingerprint density at radius 1 is 0.875 bits per heavy atom. The normalized spacial score (nSPS) is 14.8. The first-order valence-corrected chi connectivity index (χ1v) is 10.1. The molecule has 0 radical (unpaired) electrons. The van der Waals surface area contributed by atoms with Gasteiger partial charge in [0.15, 0.2) is 0 Å². The largest absolute Gasteiger partial charge is 1.00 e. The molecule has 2 aliphatic rings. The number of carboxylic acid groups (broad SMARTS) is 1. The first kappa shape index (κ1) is 27.8. The second kappa shape index (κ2) is 12.7. The Kier molecular flexibility index (Phi) is 11.0. The molecule has 0 aromatic heterocycles. The summed E-state index contributed by atoms with van der Waals surface area (Å²) in [7, 11) is 0. The zero-order valence-electron chi connectivity index (χ0n) is 19.0. The predicted molar refractivity (Wildman–Crippen MR) is 118 cm³/mol. The molecule has 0 amide bonds. The van der Waals surface area contributed by atoms with E-state index in [1.165, 1.54) is 0 Å². The minimum atomic E-state index is -0.821. The molecule has 0 spiro atoms. The molecule has 0 saturated carbocycles. The Bertz CT molecular complexity index is 861. The van der Waals surface area contributed by atoms with Crippen LogP contribution in [0, 0.1) is 0 Å². The number of carboxylic acids is 1. The number of anilines is 2. The average Bonchev–Trinajstić information content (AvgIpc) is 2.77. The summed E-state index contributed by atoms with van der Waals surface area (Å²) < 4.78 is 11.0. The Labute approximate surface area is 210 Å². The van der Waals surface area contributed by atoms with Crippen molar-refractivity contribution in [2.24, 2.45) is 0 Å². The molecule has 0 bridgehead atoms. The number of carbonyl (C=O) groups is 2. The third-order valence-corrected chi connectivity index (χ3v) is 5.34. The maximum absolute atomic E-state index is 11.3. The van der Waals surface area contributed by atoms with Crippen molar-refractivity contribution in [3.8, 4) is 11.5 Å². The van der Waals surface area contributed by atoms with Crippen LogP contribution in [0.5, 0.6) is 11.5 Å². The van der Waals surface area contributed by atoms with Crippen LogP contribution in [-0.2, 0) is 9.59 Å². The fourth-order valence-corrected chi connectivity index (χ4v) is 3.22. The molecule has 2 heterocycles. The van der Waals surface area contributed by atoms with Gasteiger partial charge in [-0.1, -0.05) is 19.1 Å². The minimum absolute atomic E-state index is 0. The first-order valence-electron chi connectivity index (χ1n) is 10.1. The van der Waals surface area contributed by atoms with Crippen LogP contribution < -0.4 is 49.7 Å². The van der Waals surface area contributed by atoms with Crippen molar-refractivity contribution in [1.82, 2.24) is 0 Å². The molecule has 8 nitrogen and oxygen atoms in total. The van der Waals surface area contributed by atoms with E-state index in [2.05, 4.69) is 10.6 Å². The molecule has 2 aliphatic heterocycles. The van der Waals surface area contributed by atoms with Gasteiger partial charge in [0.05, 0.1) is 17.3 Å². The van der Waals surface area contributed by atoms with E-state index < -0.39 is 11.9 Å². The number of hydrogen-bond acceptors (Lipinski definition) is 7. The van der Waals surface area contributed by atoms with Crippen molar-refractivity contribution in [1.29, 1.82) is 0 Å². The van der Waals surface area contributed by atoms with Gasteiger partial charge >= 0.3 is 35.5 Å². The Morgan fingerprint density at radius 2 is 1.31 bits per heavy atom. The molecule has 4 N–H and O–H groups in total. The molecule has 0 aliphatic carbocycles. The molecule has 2 aromatic rings. The van der Waals surface area contributed by atoms with E-state index in [-0.39, 0.29) is 46.7 Å². The van der Waals surface area contributed by atoms with E-state index in [1.807, 2.05) is 37.3 Å². The monoisotopic (exact) mass is 452 g/mol. The van der Waals surface area contributed by atoms with E-state index in [1.54, 1.807) is 19.9 Å². The van der Waals surface area contributed by atoms with E-state index in [0.29, 0.717) is 13.2 Å². The number of rotatable bonds is 4. The molecular weight excluding hydrogens is 423 g/mol. The van der Waals surface area contributed by atoms with Gasteiger partial charge in [-0.15, -0.1) is 0 Å². The molecule has 0 saturated heterocycles. The van der Waals surface area contributed by atoms with Crippen molar-refractivity contribution < 1.29 is 59.2 Å². The smallest absolute Gasteiger partial charge is 0.870 e. The van der Waals surface area contributed by atoms with Gasteiger partial charge in [0.2, 0.25) is 0 Å². The van der Waals surface area contributed by atoms with E-state index >= 15 is 0 Å². The molecule has 2 unspecified atom stereocenters. The van der Waals surface area contributed by atoms with Crippen molar-refractivity contribution >= 4 is 23.1 Å². The standard InChI is InChI=1S/C12H15NO2.C11H13NO3.Na.H2O/c1-8(9(2)14)10-3-4-11-12(7-10)15-6-5-13-11;1-7(11(13)14)8-2-3-9-10(6-8)15-5-4-12-9;;/h3-4,7-8,13H,5-6H2,1-2H3;2-3,6-7,12H,4-5H2,1H3,(H,13,14);;1H2/q;;+1;/p-1. The number of fused-ring (bicyclic) bond motifs is 2. The van der Waals surface area contributed by atoms with Crippen LogP contribution in [0.25, 0.3) is 0 Å². The Balaban J connectivity index is 0.000000301. The molecule has 32 heavy (non-hydrogen) atoms. The minimum Gasteiger partial charge on any atom is -0.870 e. The average molecular weight is 452 g/mol. The van der Waals surface area contributed by atoms with Crippen LogP contribution in [0.1, 0.15) is 43.7 Å². The number of ketones is 1. The van der Waals surface area contributed by atoms with Crippen LogP contribution >= 0.6 is 0 Å². The second-order valence-corrected chi connectivity index (χ2v) is 7.45. The second-order valence-electron chi connectivity index (χ2n) is 7.45. The molecular formula is C23H29N2NaO6. The van der Waals surface area contributed by atoms with Gasteiger partial charge in [0.1, 0.15) is 30.5 Å². The van der Waals surface area contributed by atoms with Crippen molar-refractivity contribution in [3.63, 3.8) is 0 Å². The third kappa shape index (κ3) is 6.87. The molecule has 0 fully saturated rings. The SMILES string of the molecule is CC(=O)C(C)c1ccc2c(c1)OCCN2.CC(C(=O)O)c1ccc2c(c1)OCCN2.[Na+].[OH-]. The number of benzene rings is 2. The summed E-state index contributed by atoms with van der Waals surface area (Å²) in [4.78, 5) is 22.1. The fourth-order valence-electron chi connectivity index (χ4n) is 3.22.